The largest absolute Gasteiger partial charge is 0.458 e. The number of nitrogens with zero attached hydrogens (tertiary/aromatic N) is 1. The minimum atomic E-state index is -5.68. The highest BCUT2D eigenvalue weighted by atomic mass is 19.4. The summed E-state index contributed by atoms with van der Waals surface area (Å²) in [6.45, 7) is 2.81. The molecule has 0 heterocycles. The van der Waals surface area contributed by atoms with Gasteiger partial charge in [0.1, 0.15) is 0 Å². The van der Waals surface area contributed by atoms with Crippen molar-refractivity contribution in [3.8, 4) is 0 Å². The number of alkyl halides is 5. The standard InChI is InChI=1S/C12H10F5NO/c1-10(2,18-7-19)8-4-3-5-9(6-8)11(13,14)12(15,16)17/h3-6H,1-2H3. The Morgan fingerprint density at radius 2 is 1.58 bits per heavy atom. The van der Waals surface area contributed by atoms with E-state index in [4.69, 9.17) is 0 Å². The molecule has 0 aromatic heterocycles. The van der Waals surface area contributed by atoms with Crippen molar-refractivity contribution in [3.05, 3.63) is 35.4 Å². The van der Waals surface area contributed by atoms with Gasteiger partial charge in [0.05, 0.1) is 5.54 Å². The van der Waals surface area contributed by atoms with Gasteiger partial charge in [0, 0.05) is 5.56 Å². The maximum Gasteiger partial charge on any atom is 0.458 e. The van der Waals surface area contributed by atoms with Crippen LogP contribution in [0.25, 0.3) is 0 Å². The number of rotatable bonds is 3. The van der Waals surface area contributed by atoms with Gasteiger partial charge in [-0.05, 0) is 25.5 Å². The summed E-state index contributed by atoms with van der Waals surface area (Å²) in [5.74, 6) is -4.95. The molecule has 0 N–H and O–H groups in total. The fourth-order valence-electron chi connectivity index (χ4n) is 1.44. The van der Waals surface area contributed by atoms with Crippen LogP contribution in [-0.4, -0.2) is 12.3 Å². The average molecular weight is 279 g/mol. The lowest BCUT2D eigenvalue weighted by Crippen LogP contribution is -2.34. The van der Waals surface area contributed by atoms with Crippen LogP contribution in [-0.2, 0) is 16.3 Å². The first-order chi connectivity index (χ1) is 8.52. The number of carbonyl (C=O) groups excluding carboxylic acids is 1. The Morgan fingerprint density at radius 1 is 1.05 bits per heavy atom. The summed E-state index contributed by atoms with van der Waals surface area (Å²) in [5, 5.41) is 0. The van der Waals surface area contributed by atoms with Gasteiger partial charge in [-0.3, -0.25) is 0 Å². The van der Waals surface area contributed by atoms with Crippen molar-refractivity contribution in [1.82, 2.24) is 0 Å². The first-order valence-electron chi connectivity index (χ1n) is 5.17. The minimum absolute atomic E-state index is 0.0669. The van der Waals surface area contributed by atoms with E-state index < -0.39 is 23.2 Å². The molecule has 0 unspecified atom stereocenters. The highest BCUT2D eigenvalue weighted by molar-refractivity contribution is 5.39. The molecule has 0 radical (unpaired) electrons. The molecular formula is C12H10F5NO. The van der Waals surface area contributed by atoms with Crippen molar-refractivity contribution < 1.29 is 26.7 Å². The molecule has 2 nitrogen and oxygen atoms in total. The molecule has 0 bridgehead atoms. The van der Waals surface area contributed by atoms with Crippen molar-refractivity contribution in [1.29, 1.82) is 0 Å². The van der Waals surface area contributed by atoms with Crippen LogP contribution in [0.5, 0.6) is 0 Å². The zero-order chi connectivity index (χ0) is 14.9. The highest BCUT2D eigenvalue weighted by Gasteiger charge is 2.58. The van der Waals surface area contributed by atoms with Crippen LogP contribution in [0.3, 0.4) is 0 Å². The Labute approximate surface area is 106 Å². The third-order valence-electron chi connectivity index (χ3n) is 2.61. The van der Waals surface area contributed by atoms with Crippen molar-refractivity contribution >= 4 is 6.08 Å². The molecule has 19 heavy (non-hydrogen) atoms. The summed E-state index contributed by atoms with van der Waals surface area (Å²) < 4.78 is 63.1. The molecule has 0 amide bonds. The summed E-state index contributed by atoms with van der Waals surface area (Å²) in [6.07, 6.45) is -4.42. The van der Waals surface area contributed by atoms with E-state index in [1.54, 1.807) is 0 Å². The van der Waals surface area contributed by atoms with Crippen LogP contribution < -0.4 is 0 Å². The molecule has 1 aromatic carbocycles. The number of halogens is 5. The van der Waals surface area contributed by atoms with Gasteiger partial charge in [0.25, 0.3) is 0 Å². The second-order valence-electron chi connectivity index (χ2n) is 4.42. The summed E-state index contributed by atoms with van der Waals surface area (Å²) in [4.78, 5) is 13.6. The smallest absolute Gasteiger partial charge is 0.211 e. The van der Waals surface area contributed by atoms with E-state index in [0.29, 0.717) is 12.1 Å². The quantitative estimate of drug-likeness (QED) is 0.468. The van der Waals surface area contributed by atoms with Crippen LogP contribution in [0.4, 0.5) is 22.0 Å². The van der Waals surface area contributed by atoms with Gasteiger partial charge in [-0.1, -0.05) is 18.2 Å². The first-order valence-corrected chi connectivity index (χ1v) is 5.17. The second-order valence-corrected chi connectivity index (χ2v) is 4.42. The van der Waals surface area contributed by atoms with Gasteiger partial charge in [0.15, 0.2) is 0 Å². The monoisotopic (exact) mass is 279 g/mol. The van der Waals surface area contributed by atoms with Crippen LogP contribution in [0.15, 0.2) is 29.3 Å². The maximum absolute atomic E-state index is 13.2. The van der Waals surface area contributed by atoms with Crippen LogP contribution in [0.1, 0.15) is 25.0 Å². The molecule has 0 fully saturated rings. The van der Waals surface area contributed by atoms with E-state index in [9.17, 15) is 26.7 Å². The Balaban J connectivity index is 3.33. The maximum atomic E-state index is 13.2. The molecule has 7 heteroatoms. The number of aliphatic imine (C=N–C) groups is 1. The van der Waals surface area contributed by atoms with Gasteiger partial charge in [-0.15, -0.1) is 0 Å². The topological polar surface area (TPSA) is 29.4 Å². The fraction of sp³-hybridized carbons (Fsp3) is 0.417. The van der Waals surface area contributed by atoms with Crippen LogP contribution in [0.2, 0.25) is 0 Å². The van der Waals surface area contributed by atoms with Gasteiger partial charge in [-0.25, -0.2) is 4.79 Å². The molecule has 0 aliphatic carbocycles. The lowest BCUT2D eigenvalue weighted by atomic mass is 9.92. The Hall–Kier alpha value is -1.75. The second kappa shape index (κ2) is 4.74. The third-order valence-corrected chi connectivity index (χ3v) is 2.61. The zero-order valence-electron chi connectivity index (χ0n) is 10.1. The first kappa shape index (κ1) is 15.3. The van der Waals surface area contributed by atoms with Crippen molar-refractivity contribution in [2.75, 3.05) is 0 Å². The Morgan fingerprint density at radius 3 is 2.05 bits per heavy atom. The number of hydrogen-bond acceptors (Lipinski definition) is 2. The summed E-state index contributed by atoms with van der Waals surface area (Å²) in [6, 6.07) is 3.75. The lowest BCUT2D eigenvalue weighted by molar-refractivity contribution is -0.289. The molecule has 0 saturated heterocycles. The van der Waals surface area contributed by atoms with Gasteiger partial charge in [0.2, 0.25) is 6.08 Å². The zero-order valence-corrected chi connectivity index (χ0v) is 10.1. The Bertz CT molecular complexity index is 515. The van der Waals surface area contributed by atoms with E-state index in [0.717, 1.165) is 6.07 Å². The van der Waals surface area contributed by atoms with E-state index in [1.807, 2.05) is 0 Å². The molecule has 0 atom stereocenters. The molecule has 0 spiro atoms. The average Bonchev–Trinajstić information content (AvgIpc) is 2.27. The van der Waals surface area contributed by atoms with Gasteiger partial charge < -0.3 is 0 Å². The van der Waals surface area contributed by atoms with Crippen LogP contribution >= 0.6 is 0 Å². The Kier molecular flexibility index (Phi) is 3.82. The lowest BCUT2D eigenvalue weighted by Gasteiger charge is -2.23. The van der Waals surface area contributed by atoms with Gasteiger partial charge in [-0.2, -0.15) is 26.9 Å². The summed E-state index contributed by atoms with van der Waals surface area (Å²) in [7, 11) is 0. The number of benzene rings is 1. The molecule has 104 valence electrons. The van der Waals surface area contributed by atoms with Crippen molar-refractivity contribution in [2.24, 2.45) is 4.99 Å². The highest BCUT2D eigenvalue weighted by Crippen LogP contribution is 2.44. The van der Waals surface area contributed by atoms with E-state index in [1.165, 1.54) is 26.0 Å². The van der Waals surface area contributed by atoms with E-state index >= 15 is 0 Å². The molecule has 0 saturated carbocycles. The minimum Gasteiger partial charge on any atom is -0.211 e. The summed E-state index contributed by atoms with van der Waals surface area (Å²) in [5.41, 5.74) is -2.34. The van der Waals surface area contributed by atoms with E-state index in [2.05, 4.69) is 4.99 Å². The normalized spacial score (nSPS) is 13.0. The molecule has 0 aliphatic heterocycles. The predicted molar refractivity (Wildman–Crippen MR) is 57.5 cm³/mol. The SMILES string of the molecule is CC(C)(N=C=O)c1cccc(C(F)(F)C(F)(F)F)c1. The summed E-state index contributed by atoms with van der Waals surface area (Å²) >= 11 is 0. The van der Waals surface area contributed by atoms with Crippen LogP contribution in [0, 0.1) is 0 Å². The molecule has 1 rings (SSSR count). The third kappa shape index (κ3) is 2.98. The number of hydrogen-bond donors (Lipinski definition) is 0. The van der Waals surface area contributed by atoms with Crippen molar-refractivity contribution in [3.63, 3.8) is 0 Å². The fourth-order valence-corrected chi connectivity index (χ4v) is 1.44. The van der Waals surface area contributed by atoms with Crippen molar-refractivity contribution in [2.45, 2.75) is 31.5 Å². The molecular weight excluding hydrogens is 269 g/mol. The molecule has 1 aromatic rings. The predicted octanol–water partition coefficient (Wildman–Crippen LogP) is 3.91. The van der Waals surface area contributed by atoms with E-state index in [-0.39, 0.29) is 5.56 Å². The number of isocyanates is 1. The molecule has 0 aliphatic rings. The van der Waals surface area contributed by atoms with Gasteiger partial charge >= 0.3 is 12.1 Å².